The highest BCUT2D eigenvalue weighted by Gasteiger charge is 2.16. The first-order chi connectivity index (χ1) is 13.5. The van der Waals surface area contributed by atoms with Crippen molar-refractivity contribution in [3.05, 3.63) is 86.2 Å². The van der Waals surface area contributed by atoms with Crippen LogP contribution in [-0.2, 0) is 13.1 Å². The average Bonchev–Trinajstić information content (AvgIpc) is 3.08. The van der Waals surface area contributed by atoms with Gasteiger partial charge < -0.3 is 9.88 Å². The number of hydrogen-bond donors (Lipinski definition) is 2. The van der Waals surface area contributed by atoms with Crippen LogP contribution in [0.2, 0.25) is 5.02 Å². The molecular weight excluding hydrogens is 390 g/mol. The van der Waals surface area contributed by atoms with E-state index in [1.807, 2.05) is 29.6 Å². The molecule has 142 valence electrons. The van der Waals surface area contributed by atoms with Crippen molar-refractivity contribution in [1.29, 1.82) is 0 Å². The Labute approximate surface area is 172 Å². The van der Waals surface area contributed by atoms with Crippen LogP contribution in [-0.4, -0.2) is 17.0 Å². The van der Waals surface area contributed by atoms with E-state index in [2.05, 4.69) is 43.2 Å². The van der Waals surface area contributed by atoms with Gasteiger partial charge >= 0.3 is 0 Å². The molecule has 0 bridgehead atoms. The van der Waals surface area contributed by atoms with E-state index >= 15 is 0 Å². The molecule has 0 amide bonds. The molecule has 4 nitrogen and oxygen atoms in total. The Hall–Kier alpha value is -2.47. The van der Waals surface area contributed by atoms with Crippen LogP contribution < -0.4 is 10.5 Å². The summed E-state index contributed by atoms with van der Waals surface area (Å²) in [5, 5.41) is 3.20. The summed E-state index contributed by atoms with van der Waals surface area (Å²) < 4.78 is 0. The van der Waals surface area contributed by atoms with Crippen LogP contribution in [0, 0.1) is 6.92 Å². The summed E-state index contributed by atoms with van der Waals surface area (Å²) in [7, 11) is 2.11. The minimum absolute atomic E-state index is 0.111. The smallest absolute Gasteiger partial charge is 0.260 e. The molecule has 0 aliphatic heterocycles. The zero-order valence-electron chi connectivity index (χ0n) is 15.8. The van der Waals surface area contributed by atoms with Gasteiger partial charge in [0.05, 0.1) is 12.4 Å². The minimum atomic E-state index is -0.111. The molecule has 28 heavy (non-hydrogen) atoms. The maximum absolute atomic E-state index is 12.8. The van der Waals surface area contributed by atoms with Crippen LogP contribution in [0.25, 0.3) is 21.3 Å². The third kappa shape index (κ3) is 3.74. The number of nitrogens with one attached hydrogen (secondary N) is 2. The fraction of sp³-hybridized carbons (Fsp3) is 0.182. The number of aromatic amines is 1. The first-order valence-electron chi connectivity index (χ1n) is 9.14. The van der Waals surface area contributed by atoms with Crippen LogP contribution in [0.3, 0.4) is 0 Å². The normalized spacial score (nSPS) is 12.4. The summed E-state index contributed by atoms with van der Waals surface area (Å²) in [6.45, 7) is 3.65. The average molecular weight is 411 g/mol. The fourth-order valence-electron chi connectivity index (χ4n) is 3.44. The molecule has 0 spiro atoms. The fourth-order valence-corrected chi connectivity index (χ4v) is 4.63. The molecule has 1 atom stereocenters. The number of fused-ring (bicyclic) bond motifs is 1. The molecule has 4 aromatic rings. The lowest BCUT2D eigenvalue weighted by atomic mass is 10.1. The van der Waals surface area contributed by atoms with Gasteiger partial charge in [-0.1, -0.05) is 54.1 Å². The molecule has 2 aromatic heterocycles. The second-order valence-corrected chi connectivity index (χ2v) is 8.32. The first kappa shape index (κ1) is 18.9. The summed E-state index contributed by atoms with van der Waals surface area (Å²) in [6.07, 6.45) is 0. The van der Waals surface area contributed by atoms with Crippen molar-refractivity contribution in [3.63, 3.8) is 0 Å². The van der Waals surface area contributed by atoms with Crippen LogP contribution in [0.15, 0.2) is 58.7 Å². The van der Waals surface area contributed by atoms with Gasteiger partial charge in [0.2, 0.25) is 0 Å². The van der Waals surface area contributed by atoms with Gasteiger partial charge in [0.25, 0.3) is 5.56 Å². The molecule has 0 saturated carbocycles. The topological polar surface area (TPSA) is 50.2 Å². The number of aromatic nitrogens is 2. The minimum Gasteiger partial charge on any atom is -0.327 e. The highest BCUT2D eigenvalue weighted by atomic mass is 35.5. The summed E-state index contributed by atoms with van der Waals surface area (Å²) in [5.41, 5.74) is 4.17. The van der Waals surface area contributed by atoms with Crippen molar-refractivity contribution in [2.24, 2.45) is 0 Å². The largest absolute Gasteiger partial charge is 0.327 e. The summed E-state index contributed by atoms with van der Waals surface area (Å²) in [5.74, 6) is 0.705. The highest BCUT2D eigenvalue weighted by Crippen LogP contribution is 2.34. The second kappa shape index (κ2) is 7.87. The third-order valence-electron chi connectivity index (χ3n) is 4.88. The number of rotatable bonds is 5. The Morgan fingerprint density at radius 2 is 1.82 bits per heavy atom. The Kier molecular flexibility index (Phi) is 5.31. The molecular formula is C22H21ClN3OS+. The van der Waals surface area contributed by atoms with Crippen molar-refractivity contribution < 1.29 is 4.90 Å². The summed E-state index contributed by atoms with van der Waals surface area (Å²) in [4.78, 5) is 22.5. The van der Waals surface area contributed by atoms with Gasteiger partial charge in [-0.05, 0) is 18.6 Å². The van der Waals surface area contributed by atoms with Crippen molar-refractivity contribution in [1.82, 2.24) is 9.97 Å². The van der Waals surface area contributed by atoms with Gasteiger partial charge in [0, 0.05) is 27.1 Å². The van der Waals surface area contributed by atoms with E-state index in [1.54, 1.807) is 0 Å². The van der Waals surface area contributed by atoms with E-state index in [1.165, 1.54) is 27.4 Å². The Balaban J connectivity index is 1.63. The van der Waals surface area contributed by atoms with Crippen molar-refractivity contribution in [2.75, 3.05) is 7.05 Å². The molecule has 0 fully saturated rings. The highest BCUT2D eigenvalue weighted by molar-refractivity contribution is 7.17. The summed E-state index contributed by atoms with van der Waals surface area (Å²) >= 11 is 7.81. The zero-order valence-corrected chi connectivity index (χ0v) is 17.3. The number of benzene rings is 2. The molecule has 6 heteroatoms. The first-order valence-corrected chi connectivity index (χ1v) is 10.4. The Morgan fingerprint density at radius 1 is 1.07 bits per heavy atom. The van der Waals surface area contributed by atoms with Gasteiger partial charge in [-0.25, -0.2) is 4.98 Å². The number of aryl methyl sites for hydroxylation is 1. The molecule has 4 rings (SSSR count). The summed E-state index contributed by atoms with van der Waals surface area (Å²) in [6, 6.07) is 15.9. The molecule has 0 aliphatic carbocycles. The third-order valence-corrected chi connectivity index (χ3v) is 6.08. The molecule has 2 aromatic carbocycles. The number of thiophene rings is 1. The van der Waals surface area contributed by atoms with Crippen LogP contribution in [0.4, 0.5) is 0 Å². The van der Waals surface area contributed by atoms with Gasteiger partial charge in [0.15, 0.2) is 5.82 Å². The molecule has 1 unspecified atom stereocenters. The predicted molar refractivity (Wildman–Crippen MR) is 116 cm³/mol. The van der Waals surface area contributed by atoms with Gasteiger partial charge in [-0.2, -0.15) is 0 Å². The van der Waals surface area contributed by atoms with Crippen LogP contribution in [0.5, 0.6) is 0 Å². The van der Waals surface area contributed by atoms with Gasteiger partial charge in [0.1, 0.15) is 17.9 Å². The SMILES string of the molecule is Cc1ccccc1C[NH+](C)Cc1nc2scc(-c3ccccc3Cl)c2c(=O)[nH]1. The second-order valence-electron chi connectivity index (χ2n) is 7.06. The van der Waals surface area contributed by atoms with E-state index in [-0.39, 0.29) is 5.56 Å². The molecule has 2 N–H and O–H groups in total. The number of halogens is 1. The quantitative estimate of drug-likeness (QED) is 0.525. The van der Waals surface area contributed by atoms with Crippen molar-refractivity contribution in [3.8, 4) is 11.1 Å². The standard InChI is InChI=1S/C22H20ClN3OS/c1-14-7-3-4-8-15(14)11-26(2)12-19-24-21(27)20-17(13-28-22(20)25-19)16-9-5-6-10-18(16)23/h3-10,13H,11-12H2,1-2H3,(H,24,25,27)/p+1. The van der Waals surface area contributed by atoms with E-state index in [0.717, 1.165) is 22.5 Å². The number of H-pyrrole nitrogens is 1. The number of hydrogen-bond acceptors (Lipinski definition) is 3. The van der Waals surface area contributed by atoms with Crippen LogP contribution >= 0.6 is 22.9 Å². The van der Waals surface area contributed by atoms with Crippen molar-refractivity contribution >= 4 is 33.2 Å². The molecule has 2 heterocycles. The van der Waals surface area contributed by atoms with Crippen molar-refractivity contribution in [2.45, 2.75) is 20.0 Å². The molecule has 0 radical (unpaired) electrons. The Morgan fingerprint density at radius 3 is 2.61 bits per heavy atom. The van der Waals surface area contributed by atoms with Gasteiger partial charge in [-0.3, -0.25) is 4.79 Å². The lowest BCUT2D eigenvalue weighted by Crippen LogP contribution is -3.06. The van der Waals surface area contributed by atoms with E-state index in [4.69, 9.17) is 16.6 Å². The predicted octanol–water partition coefficient (Wildman–Crippen LogP) is 3.83. The number of nitrogens with zero attached hydrogens (tertiary/aromatic N) is 1. The molecule has 0 saturated heterocycles. The van der Waals surface area contributed by atoms with E-state index in [9.17, 15) is 4.79 Å². The lowest BCUT2D eigenvalue weighted by Gasteiger charge is -2.15. The maximum Gasteiger partial charge on any atom is 0.260 e. The Bertz CT molecular complexity index is 1200. The lowest BCUT2D eigenvalue weighted by molar-refractivity contribution is -0.908. The van der Waals surface area contributed by atoms with Gasteiger partial charge in [-0.15, -0.1) is 11.3 Å². The molecule has 0 aliphatic rings. The monoisotopic (exact) mass is 410 g/mol. The zero-order chi connectivity index (χ0) is 19.7. The van der Waals surface area contributed by atoms with E-state index < -0.39 is 0 Å². The van der Waals surface area contributed by atoms with E-state index in [0.29, 0.717) is 22.8 Å². The van der Waals surface area contributed by atoms with Crippen LogP contribution in [0.1, 0.15) is 17.0 Å². The maximum atomic E-state index is 12.8. The number of quaternary nitrogens is 1.